The normalized spacial score (nSPS) is 13.7. The van der Waals surface area contributed by atoms with Gasteiger partial charge in [-0.3, -0.25) is 4.99 Å². The third-order valence-electron chi connectivity index (χ3n) is 3.02. The van der Waals surface area contributed by atoms with Crippen molar-refractivity contribution in [3.63, 3.8) is 0 Å². The van der Waals surface area contributed by atoms with Gasteiger partial charge >= 0.3 is 0 Å². The molecule has 0 aliphatic rings. The van der Waals surface area contributed by atoms with Crippen molar-refractivity contribution in [1.29, 1.82) is 0 Å². The highest BCUT2D eigenvalue weighted by atomic mass is 35.5. The molecule has 1 unspecified atom stereocenters. The van der Waals surface area contributed by atoms with E-state index in [-0.39, 0.29) is 11.8 Å². The van der Waals surface area contributed by atoms with E-state index in [1.54, 1.807) is 19.3 Å². The van der Waals surface area contributed by atoms with Crippen LogP contribution >= 0.6 is 11.6 Å². The summed E-state index contributed by atoms with van der Waals surface area (Å²) in [4.78, 5) is 8.15. The minimum absolute atomic E-state index is 0.0260. The molecular weight excluding hydrogens is 324 g/mol. The van der Waals surface area contributed by atoms with Crippen molar-refractivity contribution in [2.24, 2.45) is 4.99 Å². The Morgan fingerprint density at radius 2 is 2.18 bits per heavy atom. The molecule has 6 nitrogen and oxygen atoms in total. The number of nitrogens with one attached hydrogen (secondary N) is 2. The second-order valence-electron chi connectivity index (χ2n) is 5.20. The van der Waals surface area contributed by atoms with E-state index in [1.165, 1.54) is 6.26 Å². The van der Waals surface area contributed by atoms with Crippen molar-refractivity contribution in [1.82, 2.24) is 15.6 Å². The maximum atomic E-state index is 11.2. The zero-order valence-corrected chi connectivity index (χ0v) is 14.7. The summed E-state index contributed by atoms with van der Waals surface area (Å²) in [6.45, 7) is 2.63. The topological polar surface area (TPSA) is 83.4 Å². The van der Waals surface area contributed by atoms with Crippen molar-refractivity contribution in [3.05, 3.63) is 29.0 Å². The van der Waals surface area contributed by atoms with Crippen molar-refractivity contribution in [2.75, 3.05) is 25.6 Å². The molecule has 22 heavy (non-hydrogen) atoms. The van der Waals surface area contributed by atoms with E-state index in [9.17, 15) is 8.42 Å². The molecule has 0 amide bonds. The van der Waals surface area contributed by atoms with E-state index in [1.807, 2.05) is 13.0 Å². The molecule has 0 saturated heterocycles. The van der Waals surface area contributed by atoms with Crippen LogP contribution < -0.4 is 10.6 Å². The van der Waals surface area contributed by atoms with Crippen molar-refractivity contribution < 1.29 is 8.42 Å². The molecule has 0 aliphatic carbocycles. The predicted octanol–water partition coefficient (Wildman–Crippen LogP) is 1.27. The second-order valence-corrected chi connectivity index (χ2v) is 7.85. The van der Waals surface area contributed by atoms with Crippen LogP contribution in [-0.4, -0.2) is 51.0 Å². The summed E-state index contributed by atoms with van der Waals surface area (Å²) in [6, 6.07) is 3.72. The minimum atomic E-state index is -2.94. The highest BCUT2D eigenvalue weighted by Crippen LogP contribution is 2.05. The van der Waals surface area contributed by atoms with Crippen LogP contribution in [-0.2, 0) is 16.3 Å². The molecule has 0 fully saturated rings. The molecule has 0 saturated carbocycles. The summed E-state index contributed by atoms with van der Waals surface area (Å²) in [6.07, 6.45) is 4.32. The van der Waals surface area contributed by atoms with Gasteiger partial charge in [0.15, 0.2) is 5.96 Å². The lowest BCUT2D eigenvalue weighted by Crippen LogP contribution is -2.43. The fraction of sp³-hybridized carbons (Fsp3) is 0.571. The smallest absolute Gasteiger partial charge is 0.191 e. The standard InChI is InChI=1S/C14H23ClN4O2S/c1-11(7-9-22(3,20)21)19-14(16-2)17-8-6-12-4-5-13(15)18-10-12/h4-5,10-11H,6-9H2,1-3H3,(H2,16,17,19). The van der Waals surface area contributed by atoms with Crippen molar-refractivity contribution in [2.45, 2.75) is 25.8 Å². The van der Waals surface area contributed by atoms with Crippen LogP contribution in [0.1, 0.15) is 18.9 Å². The van der Waals surface area contributed by atoms with E-state index in [2.05, 4.69) is 20.6 Å². The second kappa shape index (κ2) is 8.95. The monoisotopic (exact) mass is 346 g/mol. The summed E-state index contributed by atoms with van der Waals surface area (Å²) in [5.74, 6) is 0.817. The SMILES string of the molecule is CN=C(NCCc1ccc(Cl)nc1)NC(C)CCS(C)(=O)=O. The van der Waals surface area contributed by atoms with E-state index in [0.717, 1.165) is 12.0 Å². The summed E-state index contributed by atoms with van der Waals surface area (Å²) in [5, 5.41) is 6.84. The molecule has 1 atom stereocenters. The molecule has 0 bridgehead atoms. The van der Waals surface area contributed by atoms with E-state index in [4.69, 9.17) is 11.6 Å². The first-order valence-corrected chi connectivity index (χ1v) is 9.49. The van der Waals surface area contributed by atoms with Gasteiger partial charge in [0.2, 0.25) is 0 Å². The number of aromatic nitrogens is 1. The first-order chi connectivity index (χ1) is 10.3. The lowest BCUT2D eigenvalue weighted by molar-refractivity contribution is 0.581. The van der Waals surface area contributed by atoms with Crippen LogP contribution in [0, 0.1) is 0 Å². The number of sulfone groups is 1. The van der Waals surface area contributed by atoms with Gasteiger partial charge < -0.3 is 10.6 Å². The van der Waals surface area contributed by atoms with Gasteiger partial charge in [-0.2, -0.15) is 0 Å². The fourth-order valence-corrected chi connectivity index (χ4v) is 2.66. The van der Waals surface area contributed by atoms with Crippen LogP contribution in [0.3, 0.4) is 0 Å². The molecule has 1 rings (SSSR count). The maximum Gasteiger partial charge on any atom is 0.191 e. The zero-order valence-electron chi connectivity index (χ0n) is 13.1. The highest BCUT2D eigenvalue weighted by molar-refractivity contribution is 7.90. The molecular formula is C14H23ClN4O2S. The van der Waals surface area contributed by atoms with Crippen molar-refractivity contribution in [3.8, 4) is 0 Å². The molecule has 0 radical (unpaired) electrons. The van der Waals surface area contributed by atoms with Crippen LogP contribution in [0.15, 0.2) is 23.3 Å². The Hall–Kier alpha value is -1.34. The summed E-state index contributed by atoms with van der Waals surface area (Å²) < 4.78 is 22.3. The largest absolute Gasteiger partial charge is 0.356 e. The number of guanidine groups is 1. The molecule has 1 aromatic heterocycles. The van der Waals surface area contributed by atoms with Crippen LogP contribution in [0.5, 0.6) is 0 Å². The third kappa shape index (κ3) is 8.19. The number of hydrogen-bond acceptors (Lipinski definition) is 4. The fourth-order valence-electron chi connectivity index (χ4n) is 1.77. The summed E-state index contributed by atoms with van der Waals surface area (Å²) >= 11 is 5.74. The van der Waals surface area contributed by atoms with Gasteiger partial charge in [-0.05, 0) is 31.4 Å². The Kier molecular flexibility index (Phi) is 7.61. The Labute approximate surface area is 137 Å². The summed E-state index contributed by atoms with van der Waals surface area (Å²) in [5.41, 5.74) is 1.08. The maximum absolute atomic E-state index is 11.2. The predicted molar refractivity (Wildman–Crippen MR) is 91.2 cm³/mol. The number of aliphatic imine (C=N–C) groups is 1. The van der Waals surface area contributed by atoms with E-state index < -0.39 is 9.84 Å². The van der Waals surface area contributed by atoms with E-state index in [0.29, 0.717) is 24.1 Å². The Morgan fingerprint density at radius 3 is 2.73 bits per heavy atom. The van der Waals surface area contributed by atoms with Crippen molar-refractivity contribution >= 4 is 27.4 Å². The summed E-state index contributed by atoms with van der Waals surface area (Å²) in [7, 11) is -1.25. The molecule has 0 spiro atoms. The Bertz CT molecular complexity index is 587. The minimum Gasteiger partial charge on any atom is -0.356 e. The number of hydrogen-bond donors (Lipinski definition) is 2. The lowest BCUT2D eigenvalue weighted by atomic mass is 10.2. The molecule has 124 valence electrons. The first kappa shape index (κ1) is 18.7. The van der Waals surface area contributed by atoms with Crippen LogP contribution in [0.4, 0.5) is 0 Å². The number of nitrogens with zero attached hydrogens (tertiary/aromatic N) is 2. The van der Waals surface area contributed by atoms with Gasteiger partial charge in [-0.1, -0.05) is 17.7 Å². The molecule has 2 N–H and O–H groups in total. The van der Waals surface area contributed by atoms with Gasteiger partial charge in [0.25, 0.3) is 0 Å². The molecule has 1 heterocycles. The molecule has 0 aliphatic heterocycles. The average molecular weight is 347 g/mol. The molecule has 0 aromatic carbocycles. The molecule has 1 aromatic rings. The zero-order chi connectivity index (χ0) is 16.6. The Morgan fingerprint density at radius 1 is 1.45 bits per heavy atom. The number of rotatable bonds is 7. The highest BCUT2D eigenvalue weighted by Gasteiger charge is 2.09. The number of halogens is 1. The van der Waals surface area contributed by atoms with Gasteiger partial charge in [-0.15, -0.1) is 0 Å². The average Bonchev–Trinajstić information content (AvgIpc) is 2.45. The first-order valence-electron chi connectivity index (χ1n) is 7.05. The quantitative estimate of drug-likeness (QED) is 0.441. The van der Waals surface area contributed by atoms with Crippen LogP contribution in [0.25, 0.3) is 0 Å². The van der Waals surface area contributed by atoms with Gasteiger partial charge in [0.05, 0.1) is 5.75 Å². The van der Waals surface area contributed by atoms with Gasteiger partial charge in [-0.25, -0.2) is 13.4 Å². The van der Waals surface area contributed by atoms with Gasteiger partial charge in [0.1, 0.15) is 15.0 Å². The Balaban J connectivity index is 2.34. The van der Waals surface area contributed by atoms with Crippen LogP contribution in [0.2, 0.25) is 5.15 Å². The lowest BCUT2D eigenvalue weighted by Gasteiger charge is -2.17. The number of pyridine rings is 1. The van der Waals surface area contributed by atoms with Gasteiger partial charge in [0, 0.05) is 32.1 Å². The van der Waals surface area contributed by atoms with E-state index >= 15 is 0 Å². The third-order valence-corrected chi connectivity index (χ3v) is 4.22. The molecule has 8 heteroatoms.